The van der Waals surface area contributed by atoms with Gasteiger partial charge in [0.15, 0.2) is 0 Å². The number of piperidine rings is 1. The van der Waals surface area contributed by atoms with Gasteiger partial charge >= 0.3 is 6.18 Å². The minimum atomic E-state index is -4.49. The van der Waals surface area contributed by atoms with Gasteiger partial charge in [-0.25, -0.2) is 4.98 Å². The van der Waals surface area contributed by atoms with Crippen LogP contribution in [-0.2, 0) is 10.9 Å². The molecular weight excluding hydrogens is 405 g/mol. The molecule has 29 heavy (non-hydrogen) atoms. The van der Waals surface area contributed by atoms with Crippen molar-refractivity contribution in [3.05, 3.63) is 59.4 Å². The lowest BCUT2D eigenvalue weighted by atomic mass is 9.77. The Balaban J connectivity index is 0.00000240. The molecule has 0 unspecified atom stereocenters. The maximum atomic E-state index is 13.2. The zero-order valence-electron chi connectivity index (χ0n) is 16.0. The average molecular weight is 429 g/mol. The standard InChI is InChI=1S/C21H23F3N2O2.ClH/c1-27-16-8-9-17(21(22,23)24)26-18(16)15-12-20(28-13-15)10-5-11-25-19(20)14-6-3-2-4-7-14;/h2-4,6-9,15,19,25H,5,10-13H2,1H3;1H/t15-,19-,20+;/m0./s1. The number of hydrogen-bond donors (Lipinski definition) is 1. The van der Waals surface area contributed by atoms with Crippen LogP contribution in [0.1, 0.15) is 48.2 Å². The number of alkyl halides is 3. The molecule has 158 valence electrons. The van der Waals surface area contributed by atoms with Gasteiger partial charge in [0.25, 0.3) is 0 Å². The summed E-state index contributed by atoms with van der Waals surface area (Å²) in [6.07, 6.45) is -2.07. The summed E-state index contributed by atoms with van der Waals surface area (Å²) in [6.45, 7) is 1.22. The number of nitrogens with zero attached hydrogens (tertiary/aromatic N) is 1. The Morgan fingerprint density at radius 2 is 1.93 bits per heavy atom. The maximum Gasteiger partial charge on any atom is 0.433 e. The Morgan fingerprint density at radius 3 is 2.62 bits per heavy atom. The largest absolute Gasteiger partial charge is 0.495 e. The lowest BCUT2D eigenvalue weighted by Gasteiger charge is -2.41. The predicted octanol–water partition coefficient (Wildman–Crippen LogP) is 4.90. The number of aromatic nitrogens is 1. The summed E-state index contributed by atoms with van der Waals surface area (Å²) in [5, 5.41) is 3.55. The van der Waals surface area contributed by atoms with E-state index in [0.717, 1.165) is 31.0 Å². The Labute approximate surface area is 174 Å². The molecule has 2 aliphatic rings. The molecule has 0 amide bonds. The lowest BCUT2D eigenvalue weighted by molar-refractivity contribution is -0.141. The first-order chi connectivity index (χ1) is 13.4. The third-order valence-corrected chi connectivity index (χ3v) is 5.73. The summed E-state index contributed by atoms with van der Waals surface area (Å²) in [5.41, 5.74) is 0.106. The third kappa shape index (κ3) is 4.22. The molecule has 0 radical (unpaired) electrons. The van der Waals surface area contributed by atoms with E-state index in [-0.39, 0.29) is 24.4 Å². The number of ether oxygens (including phenoxy) is 2. The van der Waals surface area contributed by atoms with Crippen LogP contribution in [0.25, 0.3) is 0 Å². The molecule has 0 saturated carbocycles. The summed E-state index contributed by atoms with van der Waals surface area (Å²) >= 11 is 0. The van der Waals surface area contributed by atoms with Gasteiger partial charge in [-0.15, -0.1) is 12.4 Å². The SMILES string of the molecule is COc1ccc(C(F)(F)F)nc1[C@@H]1CO[C@]2(CCCN[C@H]2c2ccccc2)C1.Cl. The van der Waals surface area contributed by atoms with Crippen molar-refractivity contribution < 1.29 is 22.6 Å². The van der Waals surface area contributed by atoms with Crippen molar-refractivity contribution in [2.75, 3.05) is 20.3 Å². The van der Waals surface area contributed by atoms with Crippen molar-refractivity contribution in [3.8, 4) is 5.75 Å². The number of halogens is 4. The molecule has 2 aliphatic heterocycles. The molecule has 1 spiro atoms. The molecule has 0 bridgehead atoms. The highest BCUT2D eigenvalue weighted by Gasteiger charge is 2.49. The molecule has 1 aromatic heterocycles. The van der Waals surface area contributed by atoms with Gasteiger partial charge in [-0.3, -0.25) is 0 Å². The fraction of sp³-hybridized carbons (Fsp3) is 0.476. The normalized spacial score (nSPS) is 26.9. The summed E-state index contributed by atoms with van der Waals surface area (Å²) in [5.74, 6) is 0.127. The zero-order valence-corrected chi connectivity index (χ0v) is 16.9. The molecule has 0 aliphatic carbocycles. The average Bonchev–Trinajstić information content (AvgIpc) is 3.12. The number of rotatable bonds is 3. The molecule has 1 N–H and O–H groups in total. The van der Waals surface area contributed by atoms with Crippen LogP contribution in [0.4, 0.5) is 13.2 Å². The van der Waals surface area contributed by atoms with Crippen LogP contribution in [0.2, 0.25) is 0 Å². The van der Waals surface area contributed by atoms with Crippen molar-refractivity contribution in [2.45, 2.75) is 43.0 Å². The molecule has 8 heteroatoms. The van der Waals surface area contributed by atoms with Gasteiger partial charge in [-0.05, 0) is 43.5 Å². The zero-order chi connectivity index (χ0) is 19.8. The van der Waals surface area contributed by atoms with Crippen LogP contribution in [0.5, 0.6) is 5.75 Å². The molecule has 3 atom stereocenters. The summed E-state index contributed by atoms with van der Waals surface area (Å²) in [6, 6.07) is 12.4. The second kappa shape index (κ2) is 8.50. The van der Waals surface area contributed by atoms with Gasteiger partial charge in [-0.1, -0.05) is 30.3 Å². The summed E-state index contributed by atoms with van der Waals surface area (Å²) in [7, 11) is 1.45. The highest BCUT2D eigenvalue weighted by atomic mass is 35.5. The van der Waals surface area contributed by atoms with Crippen molar-refractivity contribution in [1.29, 1.82) is 0 Å². The summed E-state index contributed by atoms with van der Waals surface area (Å²) in [4.78, 5) is 3.92. The predicted molar refractivity (Wildman–Crippen MR) is 105 cm³/mol. The van der Waals surface area contributed by atoms with Gasteiger partial charge in [0.1, 0.15) is 11.4 Å². The lowest BCUT2D eigenvalue weighted by Crippen LogP contribution is -2.48. The fourth-order valence-electron chi connectivity index (χ4n) is 4.47. The van der Waals surface area contributed by atoms with Gasteiger partial charge < -0.3 is 14.8 Å². The quantitative estimate of drug-likeness (QED) is 0.755. The van der Waals surface area contributed by atoms with E-state index < -0.39 is 17.5 Å². The fourth-order valence-corrected chi connectivity index (χ4v) is 4.47. The van der Waals surface area contributed by atoms with Gasteiger partial charge in [0.05, 0.1) is 31.1 Å². The number of nitrogens with one attached hydrogen (secondary N) is 1. The van der Waals surface area contributed by atoms with Gasteiger partial charge in [0, 0.05) is 5.92 Å². The monoisotopic (exact) mass is 428 g/mol. The van der Waals surface area contributed by atoms with Crippen molar-refractivity contribution in [2.24, 2.45) is 0 Å². The van der Waals surface area contributed by atoms with E-state index in [1.54, 1.807) is 0 Å². The van der Waals surface area contributed by atoms with Crippen LogP contribution in [0.3, 0.4) is 0 Å². The van der Waals surface area contributed by atoms with Gasteiger partial charge in [-0.2, -0.15) is 13.2 Å². The molecule has 2 saturated heterocycles. The first-order valence-electron chi connectivity index (χ1n) is 9.47. The van der Waals surface area contributed by atoms with E-state index in [1.165, 1.54) is 13.2 Å². The Kier molecular flexibility index (Phi) is 6.41. The Hall–Kier alpha value is -1.83. The Bertz CT molecular complexity index is 834. The van der Waals surface area contributed by atoms with E-state index >= 15 is 0 Å². The van der Waals surface area contributed by atoms with Crippen molar-refractivity contribution in [1.82, 2.24) is 10.3 Å². The first kappa shape index (κ1) is 21.9. The highest BCUT2D eigenvalue weighted by molar-refractivity contribution is 5.85. The Morgan fingerprint density at radius 1 is 1.17 bits per heavy atom. The maximum absolute atomic E-state index is 13.2. The summed E-state index contributed by atoms with van der Waals surface area (Å²) < 4.78 is 51.1. The molecule has 4 nitrogen and oxygen atoms in total. The van der Waals surface area contributed by atoms with Crippen LogP contribution in [-0.4, -0.2) is 30.8 Å². The van der Waals surface area contributed by atoms with E-state index in [9.17, 15) is 13.2 Å². The molecule has 3 heterocycles. The topological polar surface area (TPSA) is 43.4 Å². The van der Waals surface area contributed by atoms with Crippen LogP contribution < -0.4 is 10.1 Å². The number of methoxy groups -OCH3 is 1. The van der Waals surface area contributed by atoms with Crippen molar-refractivity contribution in [3.63, 3.8) is 0 Å². The second-order valence-corrected chi connectivity index (χ2v) is 7.46. The van der Waals surface area contributed by atoms with E-state index in [4.69, 9.17) is 9.47 Å². The van der Waals surface area contributed by atoms with Crippen LogP contribution in [0, 0.1) is 0 Å². The van der Waals surface area contributed by atoms with Crippen LogP contribution >= 0.6 is 12.4 Å². The van der Waals surface area contributed by atoms with Crippen molar-refractivity contribution >= 4 is 12.4 Å². The molecule has 2 fully saturated rings. The molecule has 4 rings (SSSR count). The highest BCUT2D eigenvalue weighted by Crippen LogP contribution is 2.49. The second-order valence-electron chi connectivity index (χ2n) is 7.46. The minimum absolute atomic E-state index is 0. The minimum Gasteiger partial charge on any atom is -0.495 e. The van der Waals surface area contributed by atoms with E-state index in [2.05, 4.69) is 22.4 Å². The molecule has 1 aromatic carbocycles. The van der Waals surface area contributed by atoms with E-state index in [0.29, 0.717) is 24.5 Å². The third-order valence-electron chi connectivity index (χ3n) is 5.73. The smallest absolute Gasteiger partial charge is 0.433 e. The number of benzene rings is 1. The molecular formula is C21H24ClF3N2O2. The first-order valence-corrected chi connectivity index (χ1v) is 9.47. The number of hydrogen-bond acceptors (Lipinski definition) is 4. The van der Waals surface area contributed by atoms with Gasteiger partial charge in [0.2, 0.25) is 0 Å². The van der Waals surface area contributed by atoms with E-state index in [1.807, 2.05) is 18.2 Å². The van der Waals surface area contributed by atoms with Crippen LogP contribution in [0.15, 0.2) is 42.5 Å². The molecule has 2 aromatic rings. The number of pyridine rings is 1.